The number of esters is 1. The largest absolute Gasteiger partial charge is 0.466 e. The molecule has 0 saturated carbocycles. The number of halogens is 1. The van der Waals surface area contributed by atoms with Gasteiger partial charge in [-0.25, -0.2) is 0 Å². The normalized spacial score (nSPS) is 31.5. The van der Waals surface area contributed by atoms with Gasteiger partial charge < -0.3 is 4.74 Å². The van der Waals surface area contributed by atoms with Gasteiger partial charge in [0.05, 0.1) is 19.2 Å². The van der Waals surface area contributed by atoms with E-state index >= 15 is 0 Å². The van der Waals surface area contributed by atoms with Gasteiger partial charge in [-0.1, -0.05) is 16.8 Å². The topological polar surface area (TPSA) is 106 Å². The third kappa shape index (κ3) is 5.19. The highest BCUT2D eigenvalue weighted by molar-refractivity contribution is 6.20. The summed E-state index contributed by atoms with van der Waals surface area (Å²) in [7, 11) is 0. The van der Waals surface area contributed by atoms with Crippen LogP contribution in [0.1, 0.15) is 20.3 Å². The molecule has 1 fully saturated rings. The molecule has 112 valence electrons. The number of hydrogen-bond donors (Lipinski definition) is 5. The van der Waals surface area contributed by atoms with Crippen LogP contribution in [0.25, 0.3) is 0 Å². The van der Waals surface area contributed by atoms with Crippen molar-refractivity contribution in [3.63, 3.8) is 0 Å². The van der Waals surface area contributed by atoms with Crippen LogP contribution in [0.3, 0.4) is 0 Å². The van der Waals surface area contributed by atoms with E-state index in [0.717, 1.165) is 0 Å². The Kier molecular flexibility index (Phi) is 6.94. The summed E-state index contributed by atoms with van der Waals surface area (Å²) in [5, 5.41) is 27.4. The van der Waals surface area contributed by atoms with Gasteiger partial charge in [-0.15, -0.1) is 0 Å². The number of carbonyl (C=O) groups is 1. The number of nitrogens with one attached hydrogen (secondary N) is 3. The van der Waals surface area contributed by atoms with E-state index < -0.39 is 17.8 Å². The van der Waals surface area contributed by atoms with Crippen LogP contribution >= 0.6 is 11.6 Å². The number of carbonyl (C=O) groups excluding carboxylic acids is 1. The van der Waals surface area contributed by atoms with Gasteiger partial charge in [0.2, 0.25) is 0 Å². The molecule has 1 aliphatic heterocycles. The van der Waals surface area contributed by atoms with E-state index in [0.29, 0.717) is 13.2 Å². The smallest absolute Gasteiger partial charge is 0.307 e. The van der Waals surface area contributed by atoms with Gasteiger partial charge >= 0.3 is 5.97 Å². The minimum atomic E-state index is -0.641. The SMILES string of the molecule is CCOC(=O)CCNC1NC(Cl)NC(C)C1N(O)O. The molecule has 0 aromatic rings. The molecule has 1 rings (SSSR count). The molecule has 0 aromatic heterocycles. The van der Waals surface area contributed by atoms with Crippen LogP contribution < -0.4 is 16.0 Å². The van der Waals surface area contributed by atoms with Gasteiger partial charge in [0.25, 0.3) is 0 Å². The molecule has 4 atom stereocenters. The van der Waals surface area contributed by atoms with Gasteiger partial charge in [0.1, 0.15) is 11.7 Å². The van der Waals surface area contributed by atoms with E-state index in [9.17, 15) is 15.2 Å². The lowest BCUT2D eigenvalue weighted by Gasteiger charge is -2.41. The molecule has 0 aliphatic carbocycles. The van der Waals surface area contributed by atoms with Crippen LogP contribution in [0, 0.1) is 0 Å². The summed E-state index contributed by atoms with van der Waals surface area (Å²) in [6.07, 6.45) is -0.271. The lowest BCUT2D eigenvalue weighted by Crippen LogP contribution is -2.71. The van der Waals surface area contributed by atoms with Gasteiger partial charge in [-0.3, -0.25) is 31.2 Å². The van der Waals surface area contributed by atoms with Crippen molar-refractivity contribution in [1.82, 2.24) is 21.2 Å². The molecule has 4 unspecified atom stereocenters. The highest BCUT2D eigenvalue weighted by Gasteiger charge is 2.37. The molecule has 0 bridgehead atoms. The first kappa shape index (κ1) is 16.6. The monoisotopic (exact) mass is 296 g/mol. The summed E-state index contributed by atoms with van der Waals surface area (Å²) in [5.74, 6) is -0.305. The standard InChI is InChI=1S/C10H21ClN4O4/c1-3-19-7(16)4-5-12-9-8(15(17)18)6(2)13-10(11)14-9/h6,8-10,12-14,17-18H,3-5H2,1-2H3. The molecule has 9 heteroatoms. The van der Waals surface area contributed by atoms with Crippen LogP contribution in [0.15, 0.2) is 0 Å². The first-order valence-electron chi connectivity index (χ1n) is 6.17. The highest BCUT2D eigenvalue weighted by Crippen LogP contribution is 2.12. The van der Waals surface area contributed by atoms with E-state index in [-0.39, 0.29) is 23.7 Å². The Labute approximate surface area is 117 Å². The highest BCUT2D eigenvalue weighted by atomic mass is 35.5. The van der Waals surface area contributed by atoms with Crippen molar-refractivity contribution in [3.05, 3.63) is 0 Å². The Morgan fingerprint density at radius 1 is 1.47 bits per heavy atom. The Bertz CT molecular complexity index is 295. The zero-order valence-electron chi connectivity index (χ0n) is 11.0. The zero-order chi connectivity index (χ0) is 14.4. The Morgan fingerprint density at radius 2 is 2.16 bits per heavy atom. The Hall–Kier alpha value is -0.480. The molecule has 0 amide bonds. The quantitative estimate of drug-likeness (QED) is 0.192. The van der Waals surface area contributed by atoms with Crippen LogP contribution in [-0.2, 0) is 9.53 Å². The summed E-state index contributed by atoms with van der Waals surface area (Å²) in [5.41, 5.74) is -0.494. The van der Waals surface area contributed by atoms with Gasteiger partial charge in [-0.05, 0) is 13.8 Å². The molecule has 8 nitrogen and oxygen atoms in total. The third-order valence-electron chi connectivity index (χ3n) is 2.85. The fourth-order valence-electron chi connectivity index (χ4n) is 2.00. The third-order valence-corrected chi connectivity index (χ3v) is 3.11. The van der Waals surface area contributed by atoms with Gasteiger partial charge in [-0.2, -0.15) is 0 Å². The minimum Gasteiger partial charge on any atom is -0.466 e. The van der Waals surface area contributed by atoms with Crippen molar-refractivity contribution < 1.29 is 19.9 Å². The fourth-order valence-corrected chi connectivity index (χ4v) is 2.33. The molecular formula is C10H21ClN4O4. The van der Waals surface area contributed by atoms with E-state index in [1.807, 2.05) is 0 Å². The van der Waals surface area contributed by atoms with Crippen molar-refractivity contribution in [1.29, 1.82) is 0 Å². The van der Waals surface area contributed by atoms with Crippen molar-refractivity contribution in [2.75, 3.05) is 13.2 Å². The predicted molar refractivity (Wildman–Crippen MR) is 67.6 cm³/mol. The molecule has 5 N–H and O–H groups in total. The Morgan fingerprint density at radius 3 is 2.74 bits per heavy atom. The van der Waals surface area contributed by atoms with Crippen LogP contribution in [0.2, 0.25) is 0 Å². The van der Waals surface area contributed by atoms with E-state index in [1.54, 1.807) is 13.8 Å². The average molecular weight is 297 g/mol. The van der Waals surface area contributed by atoms with E-state index in [4.69, 9.17) is 16.3 Å². The lowest BCUT2D eigenvalue weighted by molar-refractivity contribution is -0.342. The second-order valence-corrected chi connectivity index (χ2v) is 4.72. The summed E-state index contributed by atoms with van der Waals surface area (Å²) in [4.78, 5) is 11.2. The fraction of sp³-hybridized carbons (Fsp3) is 0.900. The van der Waals surface area contributed by atoms with Crippen molar-refractivity contribution >= 4 is 17.6 Å². The van der Waals surface area contributed by atoms with Crippen molar-refractivity contribution in [2.24, 2.45) is 0 Å². The zero-order valence-corrected chi connectivity index (χ0v) is 11.7. The molecule has 1 aliphatic rings. The van der Waals surface area contributed by atoms with Crippen LogP contribution in [-0.4, -0.2) is 58.6 Å². The van der Waals surface area contributed by atoms with E-state index in [2.05, 4.69) is 16.0 Å². The van der Waals surface area contributed by atoms with Crippen LogP contribution in [0.4, 0.5) is 0 Å². The molecule has 0 spiro atoms. The van der Waals surface area contributed by atoms with Gasteiger partial charge in [0, 0.05) is 12.6 Å². The number of rotatable bonds is 6. The second-order valence-electron chi connectivity index (χ2n) is 4.28. The van der Waals surface area contributed by atoms with Crippen molar-refractivity contribution in [2.45, 2.75) is 44.1 Å². The van der Waals surface area contributed by atoms with Crippen molar-refractivity contribution in [3.8, 4) is 0 Å². The summed E-state index contributed by atoms with van der Waals surface area (Å²) >= 11 is 5.93. The number of hydroxylamine groups is 2. The van der Waals surface area contributed by atoms with E-state index in [1.165, 1.54) is 0 Å². The maximum Gasteiger partial charge on any atom is 0.307 e. The molecule has 0 radical (unpaired) electrons. The first-order valence-corrected chi connectivity index (χ1v) is 6.61. The number of hydrogen-bond acceptors (Lipinski definition) is 8. The molecule has 1 saturated heterocycles. The second kappa shape index (κ2) is 7.95. The Balaban J connectivity index is 2.45. The lowest BCUT2D eigenvalue weighted by atomic mass is 10.1. The molecule has 1 heterocycles. The molecule has 19 heavy (non-hydrogen) atoms. The van der Waals surface area contributed by atoms with Crippen LogP contribution in [0.5, 0.6) is 0 Å². The maximum atomic E-state index is 11.2. The maximum absolute atomic E-state index is 11.2. The van der Waals surface area contributed by atoms with Gasteiger partial charge in [0.15, 0.2) is 0 Å². The first-order chi connectivity index (χ1) is 8.95. The molecule has 0 aromatic carbocycles. The summed E-state index contributed by atoms with van der Waals surface area (Å²) in [6.45, 7) is 4.21. The number of ether oxygens (including phenoxy) is 1. The number of nitrogens with zero attached hydrogens (tertiary/aromatic N) is 1. The molecular weight excluding hydrogens is 276 g/mol. The predicted octanol–water partition coefficient (Wildman–Crippen LogP) is -0.592. The summed E-state index contributed by atoms with van der Waals surface area (Å²) < 4.78 is 4.80. The number of alkyl halides is 1. The minimum absolute atomic E-state index is 0.134. The summed E-state index contributed by atoms with van der Waals surface area (Å²) in [6, 6.07) is -0.893. The average Bonchev–Trinajstić information content (AvgIpc) is 2.27.